The van der Waals surface area contributed by atoms with E-state index in [9.17, 15) is 19.7 Å². The number of para-hydroxylation sites is 1. The Bertz CT molecular complexity index is 1320. The topological polar surface area (TPSA) is 108 Å². The minimum atomic E-state index is -0.740. The number of hydrogen-bond acceptors (Lipinski definition) is 7. The lowest BCUT2D eigenvalue weighted by molar-refractivity contribution is -0.384. The van der Waals surface area contributed by atoms with Gasteiger partial charge in [-0.1, -0.05) is 30.3 Å². The van der Waals surface area contributed by atoms with Gasteiger partial charge < -0.3 is 14.8 Å². The SMILES string of the molecule is COc1ccccc1[C@@H]1CC(=O)C2=C(C1)NC(C)=C(C(=O)OC1CCCC1)[C@H]2c1cccc([N+](=O)[O-])c1. The summed E-state index contributed by atoms with van der Waals surface area (Å²) in [6, 6.07) is 13.9. The molecule has 1 N–H and O–H groups in total. The zero-order valence-electron chi connectivity index (χ0n) is 21.0. The van der Waals surface area contributed by atoms with Crippen LogP contribution < -0.4 is 10.1 Å². The fraction of sp³-hybridized carbons (Fsp3) is 0.379. The van der Waals surface area contributed by atoms with Crippen LogP contribution in [0.2, 0.25) is 0 Å². The first-order chi connectivity index (χ1) is 17.9. The molecular formula is C29H30N2O6. The lowest BCUT2D eigenvalue weighted by atomic mass is 9.71. The minimum absolute atomic E-state index is 0.0884. The summed E-state index contributed by atoms with van der Waals surface area (Å²) in [5.74, 6) is -0.681. The number of esters is 1. The highest BCUT2D eigenvalue weighted by Crippen LogP contribution is 2.47. The summed E-state index contributed by atoms with van der Waals surface area (Å²) in [6.45, 7) is 1.80. The van der Waals surface area contributed by atoms with Gasteiger partial charge in [-0.05, 0) is 56.2 Å². The van der Waals surface area contributed by atoms with Crippen LogP contribution in [-0.2, 0) is 14.3 Å². The van der Waals surface area contributed by atoms with E-state index < -0.39 is 16.8 Å². The Morgan fingerprint density at radius 2 is 1.84 bits per heavy atom. The van der Waals surface area contributed by atoms with Gasteiger partial charge in [0, 0.05) is 47.4 Å². The summed E-state index contributed by atoms with van der Waals surface area (Å²) in [5, 5.41) is 14.9. The van der Waals surface area contributed by atoms with Crippen LogP contribution in [0.5, 0.6) is 5.75 Å². The molecule has 192 valence electrons. The average Bonchev–Trinajstić information content (AvgIpc) is 3.40. The number of nitro groups is 1. The van der Waals surface area contributed by atoms with Crippen molar-refractivity contribution in [3.63, 3.8) is 0 Å². The van der Waals surface area contributed by atoms with Gasteiger partial charge in [0.1, 0.15) is 11.9 Å². The number of allylic oxidation sites excluding steroid dienone is 3. The molecule has 0 unspecified atom stereocenters. The quantitative estimate of drug-likeness (QED) is 0.318. The van der Waals surface area contributed by atoms with Crippen LogP contribution in [0.1, 0.15) is 68.4 Å². The number of dihydropyridines is 1. The number of non-ortho nitro benzene ring substituents is 1. The monoisotopic (exact) mass is 502 g/mol. The van der Waals surface area contributed by atoms with E-state index in [2.05, 4.69) is 5.32 Å². The van der Waals surface area contributed by atoms with Crippen LogP contribution in [0.15, 0.2) is 71.1 Å². The Morgan fingerprint density at radius 3 is 2.57 bits per heavy atom. The fourth-order valence-corrected chi connectivity index (χ4v) is 5.91. The molecule has 0 amide bonds. The van der Waals surface area contributed by atoms with Gasteiger partial charge in [-0.2, -0.15) is 0 Å². The van der Waals surface area contributed by atoms with Gasteiger partial charge in [0.15, 0.2) is 5.78 Å². The lowest BCUT2D eigenvalue weighted by Crippen LogP contribution is -2.36. The van der Waals surface area contributed by atoms with Gasteiger partial charge in [0.25, 0.3) is 5.69 Å². The molecule has 1 saturated carbocycles. The molecule has 3 aliphatic rings. The van der Waals surface area contributed by atoms with Gasteiger partial charge in [0.2, 0.25) is 0 Å². The van der Waals surface area contributed by atoms with E-state index in [1.54, 1.807) is 26.2 Å². The number of carbonyl (C=O) groups is 2. The van der Waals surface area contributed by atoms with Crippen molar-refractivity contribution in [2.75, 3.05) is 7.11 Å². The van der Waals surface area contributed by atoms with E-state index >= 15 is 0 Å². The van der Waals surface area contributed by atoms with Gasteiger partial charge >= 0.3 is 5.97 Å². The third-order valence-electron chi connectivity index (χ3n) is 7.62. The average molecular weight is 503 g/mol. The first-order valence-electron chi connectivity index (χ1n) is 12.7. The van der Waals surface area contributed by atoms with Crippen LogP contribution in [-0.4, -0.2) is 29.9 Å². The molecule has 0 bridgehead atoms. The Balaban J connectivity index is 1.58. The van der Waals surface area contributed by atoms with E-state index in [0.29, 0.717) is 28.8 Å². The molecular weight excluding hydrogens is 472 g/mol. The molecule has 1 fully saturated rings. The number of nitrogens with zero attached hydrogens (tertiary/aromatic N) is 1. The van der Waals surface area contributed by atoms with Crippen molar-refractivity contribution < 1.29 is 24.0 Å². The molecule has 1 aliphatic heterocycles. The lowest BCUT2D eigenvalue weighted by Gasteiger charge is -2.37. The van der Waals surface area contributed by atoms with Crippen molar-refractivity contribution in [3.05, 3.63) is 92.3 Å². The molecule has 2 aliphatic carbocycles. The summed E-state index contributed by atoms with van der Waals surface area (Å²) in [6.07, 6.45) is 4.32. The molecule has 1 heterocycles. The predicted molar refractivity (Wildman–Crippen MR) is 137 cm³/mol. The number of nitro benzene ring substituents is 1. The Hall–Kier alpha value is -3.94. The summed E-state index contributed by atoms with van der Waals surface area (Å²) in [4.78, 5) is 38.4. The fourth-order valence-electron chi connectivity index (χ4n) is 5.91. The second-order valence-corrected chi connectivity index (χ2v) is 9.92. The van der Waals surface area contributed by atoms with E-state index in [0.717, 1.165) is 42.7 Å². The van der Waals surface area contributed by atoms with E-state index in [4.69, 9.17) is 9.47 Å². The van der Waals surface area contributed by atoms with Gasteiger partial charge in [-0.15, -0.1) is 0 Å². The standard InChI is InChI=1S/C29H30N2O6/c1-17-26(29(33)37-21-10-3-4-11-21)27(18-8-7-9-20(14-18)31(34)35)28-23(30-17)15-19(16-24(28)32)22-12-5-6-13-25(22)36-2/h5-9,12-14,19,21,27,30H,3-4,10-11,15-16H2,1-2H3/t19-,27+/m0/s1. The van der Waals surface area contributed by atoms with E-state index in [-0.39, 0.29) is 29.9 Å². The minimum Gasteiger partial charge on any atom is -0.496 e. The summed E-state index contributed by atoms with van der Waals surface area (Å²) in [7, 11) is 1.61. The van der Waals surface area contributed by atoms with Gasteiger partial charge in [0.05, 0.1) is 17.6 Å². The molecule has 2 aromatic rings. The molecule has 2 atom stereocenters. The maximum atomic E-state index is 13.8. The Morgan fingerprint density at radius 1 is 1.08 bits per heavy atom. The first kappa shape index (κ1) is 24.7. The zero-order chi connectivity index (χ0) is 26.1. The number of benzene rings is 2. The molecule has 37 heavy (non-hydrogen) atoms. The van der Waals surface area contributed by atoms with Crippen LogP contribution in [0.25, 0.3) is 0 Å². The van der Waals surface area contributed by atoms with Crippen LogP contribution in [0.4, 0.5) is 5.69 Å². The maximum absolute atomic E-state index is 13.8. The predicted octanol–water partition coefficient (Wildman–Crippen LogP) is 5.45. The van der Waals surface area contributed by atoms with Crippen molar-refractivity contribution in [3.8, 4) is 5.75 Å². The molecule has 0 spiro atoms. The van der Waals surface area contributed by atoms with E-state index in [1.807, 2.05) is 24.3 Å². The number of ketones is 1. The van der Waals surface area contributed by atoms with Crippen molar-refractivity contribution in [2.24, 2.45) is 0 Å². The maximum Gasteiger partial charge on any atom is 0.337 e. The van der Waals surface area contributed by atoms with Crippen molar-refractivity contribution >= 4 is 17.4 Å². The second kappa shape index (κ2) is 10.2. The number of hydrogen-bond donors (Lipinski definition) is 1. The number of methoxy groups -OCH3 is 1. The molecule has 5 rings (SSSR count). The van der Waals surface area contributed by atoms with Crippen LogP contribution in [0.3, 0.4) is 0 Å². The third-order valence-corrected chi connectivity index (χ3v) is 7.62. The Kier molecular flexibility index (Phi) is 6.82. The molecule has 8 nitrogen and oxygen atoms in total. The third kappa shape index (κ3) is 4.75. The number of ether oxygens (including phenoxy) is 2. The van der Waals surface area contributed by atoms with Crippen LogP contribution >= 0.6 is 0 Å². The highest BCUT2D eigenvalue weighted by Gasteiger charge is 2.42. The largest absolute Gasteiger partial charge is 0.496 e. The summed E-state index contributed by atoms with van der Waals surface area (Å²) >= 11 is 0. The molecule has 0 radical (unpaired) electrons. The Labute approximate surface area is 215 Å². The summed E-state index contributed by atoms with van der Waals surface area (Å²) in [5.41, 5.74) is 3.56. The smallest absolute Gasteiger partial charge is 0.337 e. The molecule has 2 aromatic carbocycles. The second-order valence-electron chi connectivity index (χ2n) is 9.92. The molecule has 8 heteroatoms. The number of carbonyl (C=O) groups excluding carboxylic acids is 2. The van der Waals surface area contributed by atoms with Gasteiger partial charge in [-0.25, -0.2) is 4.79 Å². The zero-order valence-corrected chi connectivity index (χ0v) is 21.0. The number of rotatable bonds is 6. The summed E-state index contributed by atoms with van der Waals surface area (Å²) < 4.78 is 11.4. The van der Waals surface area contributed by atoms with Crippen molar-refractivity contribution in [1.29, 1.82) is 0 Å². The van der Waals surface area contributed by atoms with Crippen molar-refractivity contribution in [1.82, 2.24) is 5.32 Å². The number of nitrogens with one attached hydrogen (secondary N) is 1. The van der Waals surface area contributed by atoms with Crippen molar-refractivity contribution in [2.45, 2.75) is 63.4 Å². The molecule has 0 saturated heterocycles. The highest BCUT2D eigenvalue weighted by atomic mass is 16.6. The van der Waals surface area contributed by atoms with Crippen LogP contribution in [0, 0.1) is 10.1 Å². The first-order valence-corrected chi connectivity index (χ1v) is 12.7. The van der Waals surface area contributed by atoms with Gasteiger partial charge in [-0.3, -0.25) is 14.9 Å². The van der Waals surface area contributed by atoms with E-state index in [1.165, 1.54) is 12.1 Å². The molecule has 0 aromatic heterocycles. The number of Topliss-reactive ketones (excluding diaryl/α,β-unsaturated/α-hetero) is 1. The highest BCUT2D eigenvalue weighted by molar-refractivity contribution is 6.04. The normalized spacial score (nSPS) is 21.9.